The summed E-state index contributed by atoms with van der Waals surface area (Å²) in [6.45, 7) is 0.907. The first-order valence-electron chi connectivity index (χ1n) is 7.67. The Hall–Kier alpha value is -1.59. The van der Waals surface area contributed by atoms with Crippen molar-refractivity contribution in [3.63, 3.8) is 0 Å². The lowest BCUT2D eigenvalue weighted by molar-refractivity contribution is -0.119. The fourth-order valence-corrected chi connectivity index (χ4v) is 2.53. The zero-order valence-corrected chi connectivity index (χ0v) is 13.2. The molecule has 1 aliphatic carbocycles. The molecular formula is C16H22ClN3O2. The highest BCUT2D eigenvalue weighted by Gasteiger charge is 2.29. The van der Waals surface area contributed by atoms with Crippen molar-refractivity contribution in [2.45, 2.75) is 38.1 Å². The van der Waals surface area contributed by atoms with E-state index in [1.54, 1.807) is 0 Å². The minimum atomic E-state index is -0.0898. The molecule has 1 saturated carbocycles. The van der Waals surface area contributed by atoms with Gasteiger partial charge in [-0.2, -0.15) is 0 Å². The number of piperidine rings is 1. The summed E-state index contributed by atoms with van der Waals surface area (Å²) < 4.78 is 0. The Kier molecular flexibility index (Phi) is 5.80. The first kappa shape index (κ1) is 16.8. The number of nitrogens with one attached hydrogen (secondary N) is 3. The Morgan fingerprint density at radius 3 is 2.00 bits per heavy atom. The molecule has 2 amide bonds. The van der Waals surface area contributed by atoms with Crippen LogP contribution in [0, 0.1) is 5.92 Å². The summed E-state index contributed by atoms with van der Waals surface area (Å²) in [5, 5.41) is 9.02. The second-order valence-corrected chi connectivity index (χ2v) is 5.83. The summed E-state index contributed by atoms with van der Waals surface area (Å²) in [4.78, 5) is 23.7. The molecular weight excluding hydrogens is 302 g/mol. The monoisotopic (exact) mass is 323 g/mol. The average Bonchev–Trinajstić information content (AvgIpc) is 3.35. The van der Waals surface area contributed by atoms with Gasteiger partial charge in [0.15, 0.2) is 0 Å². The third kappa shape index (κ3) is 4.45. The first-order chi connectivity index (χ1) is 10.2. The number of rotatable bonds is 4. The summed E-state index contributed by atoms with van der Waals surface area (Å²) in [6.07, 6.45) is 5.11. The van der Waals surface area contributed by atoms with Gasteiger partial charge in [-0.05, 0) is 56.5 Å². The highest BCUT2D eigenvalue weighted by atomic mass is 35.5. The third-order valence-corrected chi connectivity index (χ3v) is 3.99. The minimum Gasteiger partial charge on any atom is -0.326 e. The Balaban J connectivity index is 0.00000176. The molecule has 5 nitrogen and oxygen atoms in total. The summed E-state index contributed by atoms with van der Waals surface area (Å²) in [5.74, 6) is 0.310. The van der Waals surface area contributed by atoms with Gasteiger partial charge in [0.05, 0.1) is 6.04 Å². The van der Waals surface area contributed by atoms with Crippen molar-refractivity contribution >= 4 is 35.6 Å². The topological polar surface area (TPSA) is 70.2 Å². The molecule has 22 heavy (non-hydrogen) atoms. The van der Waals surface area contributed by atoms with Crippen LogP contribution in [-0.4, -0.2) is 24.4 Å². The van der Waals surface area contributed by atoms with Gasteiger partial charge in [0.2, 0.25) is 11.8 Å². The lowest BCUT2D eigenvalue weighted by atomic mass is 10.0. The standard InChI is InChI=1S/C16H21N3O2.ClH/c20-15(11-4-5-11)18-12-6-8-13(9-7-12)19-16(21)14-3-1-2-10-17-14;/h6-9,11,14,17H,1-5,10H2,(H,18,20)(H,19,21);1H. The van der Waals surface area contributed by atoms with E-state index in [9.17, 15) is 9.59 Å². The number of hydrogen-bond acceptors (Lipinski definition) is 3. The van der Waals surface area contributed by atoms with Gasteiger partial charge in [-0.3, -0.25) is 9.59 Å². The Morgan fingerprint density at radius 2 is 1.50 bits per heavy atom. The quantitative estimate of drug-likeness (QED) is 0.797. The van der Waals surface area contributed by atoms with Gasteiger partial charge >= 0.3 is 0 Å². The highest BCUT2D eigenvalue weighted by Crippen LogP contribution is 2.30. The summed E-state index contributed by atoms with van der Waals surface area (Å²) in [7, 11) is 0. The molecule has 1 aromatic carbocycles. The van der Waals surface area contributed by atoms with Crippen molar-refractivity contribution in [2.24, 2.45) is 5.92 Å². The smallest absolute Gasteiger partial charge is 0.241 e. The van der Waals surface area contributed by atoms with Crippen molar-refractivity contribution in [3.8, 4) is 0 Å². The van der Waals surface area contributed by atoms with E-state index in [-0.39, 0.29) is 36.2 Å². The molecule has 0 aromatic heterocycles. The van der Waals surface area contributed by atoms with E-state index in [2.05, 4.69) is 16.0 Å². The maximum absolute atomic E-state index is 12.1. The van der Waals surface area contributed by atoms with Crippen molar-refractivity contribution < 1.29 is 9.59 Å². The lowest BCUT2D eigenvalue weighted by Crippen LogP contribution is -2.43. The SMILES string of the molecule is Cl.O=C(Nc1ccc(NC(=O)C2CCCCN2)cc1)C1CC1. The van der Waals surface area contributed by atoms with Gasteiger partial charge in [-0.1, -0.05) is 6.42 Å². The molecule has 3 rings (SSSR count). The van der Waals surface area contributed by atoms with Gasteiger partial charge in [-0.25, -0.2) is 0 Å². The predicted molar refractivity (Wildman–Crippen MR) is 89.3 cm³/mol. The third-order valence-electron chi connectivity index (χ3n) is 3.99. The number of amides is 2. The maximum Gasteiger partial charge on any atom is 0.241 e. The van der Waals surface area contributed by atoms with Crippen molar-refractivity contribution in [3.05, 3.63) is 24.3 Å². The molecule has 0 bridgehead atoms. The molecule has 1 atom stereocenters. The predicted octanol–water partition coefficient (Wildman–Crippen LogP) is 2.54. The van der Waals surface area contributed by atoms with E-state index in [1.807, 2.05) is 24.3 Å². The number of hydrogen-bond donors (Lipinski definition) is 3. The lowest BCUT2D eigenvalue weighted by Gasteiger charge is -2.22. The van der Waals surface area contributed by atoms with Crippen LogP contribution < -0.4 is 16.0 Å². The number of halogens is 1. The molecule has 1 aromatic rings. The van der Waals surface area contributed by atoms with Gasteiger partial charge in [0, 0.05) is 17.3 Å². The molecule has 3 N–H and O–H groups in total. The zero-order valence-electron chi connectivity index (χ0n) is 12.4. The second-order valence-electron chi connectivity index (χ2n) is 5.83. The molecule has 1 unspecified atom stereocenters. The number of carbonyl (C=O) groups is 2. The second kappa shape index (κ2) is 7.61. The maximum atomic E-state index is 12.1. The van der Waals surface area contributed by atoms with E-state index in [4.69, 9.17) is 0 Å². The van der Waals surface area contributed by atoms with Crippen molar-refractivity contribution in [1.29, 1.82) is 0 Å². The van der Waals surface area contributed by atoms with Crippen LogP contribution in [0.1, 0.15) is 32.1 Å². The largest absolute Gasteiger partial charge is 0.326 e. The Morgan fingerprint density at radius 1 is 0.909 bits per heavy atom. The zero-order chi connectivity index (χ0) is 14.7. The molecule has 1 heterocycles. The molecule has 0 spiro atoms. The average molecular weight is 324 g/mol. The van der Waals surface area contributed by atoms with Crippen LogP contribution >= 0.6 is 12.4 Å². The molecule has 120 valence electrons. The molecule has 6 heteroatoms. The van der Waals surface area contributed by atoms with Crippen molar-refractivity contribution in [2.75, 3.05) is 17.2 Å². The molecule has 2 aliphatic rings. The van der Waals surface area contributed by atoms with Gasteiger partial charge in [-0.15, -0.1) is 12.4 Å². The van der Waals surface area contributed by atoms with E-state index in [0.717, 1.165) is 50.0 Å². The van der Waals surface area contributed by atoms with Crippen LogP contribution in [-0.2, 0) is 9.59 Å². The number of benzene rings is 1. The summed E-state index contributed by atoms with van der Waals surface area (Å²) in [6, 6.07) is 7.20. The van der Waals surface area contributed by atoms with E-state index < -0.39 is 0 Å². The van der Waals surface area contributed by atoms with E-state index >= 15 is 0 Å². The molecule has 0 radical (unpaired) electrons. The summed E-state index contributed by atoms with van der Waals surface area (Å²) >= 11 is 0. The molecule has 1 aliphatic heterocycles. The van der Waals surface area contributed by atoms with Gasteiger partial charge < -0.3 is 16.0 Å². The molecule has 1 saturated heterocycles. The normalized spacial score (nSPS) is 20.6. The van der Waals surface area contributed by atoms with Crippen LogP contribution in [0.15, 0.2) is 24.3 Å². The number of anilines is 2. The fourth-order valence-electron chi connectivity index (χ4n) is 2.53. The fraction of sp³-hybridized carbons (Fsp3) is 0.500. The summed E-state index contributed by atoms with van der Waals surface area (Å²) in [5.41, 5.74) is 1.54. The minimum absolute atomic E-state index is 0. The highest BCUT2D eigenvalue weighted by molar-refractivity contribution is 5.96. The van der Waals surface area contributed by atoms with Crippen LogP contribution in [0.2, 0.25) is 0 Å². The first-order valence-corrected chi connectivity index (χ1v) is 7.67. The van der Waals surface area contributed by atoms with Crippen molar-refractivity contribution in [1.82, 2.24) is 5.32 Å². The van der Waals surface area contributed by atoms with Crippen LogP contribution in [0.5, 0.6) is 0 Å². The van der Waals surface area contributed by atoms with Crippen LogP contribution in [0.25, 0.3) is 0 Å². The number of carbonyl (C=O) groups excluding carboxylic acids is 2. The Labute approximate surface area is 136 Å². The Bertz CT molecular complexity index is 523. The van der Waals surface area contributed by atoms with E-state index in [0.29, 0.717) is 0 Å². The van der Waals surface area contributed by atoms with Crippen LogP contribution in [0.3, 0.4) is 0 Å². The van der Waals surface area contributed by atoms with Gasteiger partial charge in [0.1, 0.15) is 0 Å². The van der Waals surface area contributed by atoms with E-state index in [1.165, 1.54) is 0 Å². The van der Waals surface area contributed by atoms with Gasteiger partial charge in [0.25, 0.3) is 0 Å². The molecule has 2 fully saturated rings. The van der Waals surface area contributed by atoms with Crippen LogP contribution in [0.4, 0.5) is 11.4 Å².